The van der Waals surface area contributed by atoms with Crippen molar-refractivity contribution in [3.63, 3.8) is 0 Å². The molecule has 2 N–H and O–H groups in total. The Morgan fingerprint density at radius 1 is 1.29 bits per heavy atom. The van der Waals surface area contributed by atoms with Crippen LogP contribution in [0.3, 0.4) is 0 Å². The lowest BCUT2D eigenvalue weighted by molar-refractivity contribution is 0.0673. The van der Waals surface area contributed by atoms with Crippen LogP contribution in [0.1, 0.15) is 30.0 Å². The van der Waals surface area contributed by atoms with Crippen molar-refractivity contribution >= 4 is 5.91 Å². The highest BCUT2D eigenvalue weighted by Gasteiger charge is 2.18. The van der Waals surface area contributed by atoms with E-state index in [9.17, 15) is 4.79 Å². The van der Waals surface area contributed by atoms with E-state index in [1.807, 2.05) is 0 Å². The number of carbonyl (C=O) groups is 1. The molecule has 0 radical (unpaired) electrons. The topological polar surface area (TPSA) is 71.9 Å². The van der Waals surface area contributed by atoms with E-state index < -0.39 is 0 Å². The second-order valence-corrected chi connectivity index (χ2v) is 4.82. The van der Waals surface area contributed by atoms with Gasteiger partial charge in [-0.05, 0) is 19.2 Å². The van der Waals surface area contributed by atoms with Crippen molar-refractivity contribution in [2.75, 3.05) is 46.4 Å². The molecule has 6 heteroatoms. The Morgan fingerprint density at radius 3 is 2.52 bits per heavy atom. The van der Waals surface area contributed by atoms with Crippen molar-refractivity contribution in [2.24, 2.45) is 5.73 Å². The third-order valence-corrected chi connectivity index (χ3v) is 3.54. The van der Waals surface area contributed by atoms with E-state index in [0.717, 1.165) is 19.6 Å². The summed E-state index contributed by atoms with van der Waals surface area (Å²) in [6.07, 6.45) is 1.47. The van der Waals surface area contributed by atoms with Crippen molar-refractivity contribution in [3.05, 3.63) is 23.7 Å². The summed E-state index contributed by atoms with van der Waals surface area (Å²) >= 11 is 0. The average Bonchev–Trinajstić information content (AvgIpc) is 2.99. The Morgan fingerprint density at radius 2 is 2.00 bits per heavy atom. The van der Waals surface area contributed by atoms with Gasteiger partial charge in [0.2, 0.25) is 0 Å². The number of nitrogens with zero attached hydrogens (tertiary/aromatic N) is 2. The summed E-state index contributed by atoms with van der Waals surface area (Å²) in [5.41, 5.74) is 6.06. The van der Waals surface area contributed by atoms with Crippen LogP contribution in [0.15, 0.2) is 16.7 Å². The van der Waals surface area contributed by atoms with Crippen LogP contribution in [0.2, 0.25) is 0 Å². The largest absolute Gasteiger partial charge is 0.467 e. The molecule has 1 heterocycles. The minimum absolute atomic E-state index is 0.0392. The zero-order chi connectivity index (χ0) is 15.7. The maximum absolute atomic E-state index is 12.5. The van der Waals surface area contributed by atoms with E-state index in [4.69, 9.17) is 14.9 Å². The first-order chi connectivity index (χ1) is 10.2. The van der Waals surface area contributed by atoms with Gasteiger partial charge in [-0.3, -0.25) is 4.79 Å². The van der Waals surface area contributed by atoms with Crippen LogP contribution in [0.25, 0.3) is 0 Å². The summed E-state index contributed by atoms with van der Waals surface area (Å²) < 4.78 is 10.3. The number of methoxy groups -OCH3 is 1. The molecule has 0 bridgehead atoms. The van der Waals surface area contributed by atoms with Gasteiger partial charge < -0.3 is 24.7 Å². The molecule has 0 spiro atoms. The monoisotopic (exact) mass is 297 g/mol. The molecule has 0 atom stereocenters. The van der Waals surface area contributed by atoms with E-state index in [1.165, 1.54) is 6.26 Å². The number of likely N-dealkylation sites (N-methyl/N-ethyl adjacent to an activating group) is 1. The molecule has 1 rings (SSSR count). The second kappa shape index (κ2) is 9.55. The van der Waals surface area contributed by atoms with Gasteiger partial charge in [0.25, 0.3) is 5.91 Å². The highest BCUT2D eigenvalue weighted by molar-refractivity contribution is 5.94. The molecule has 0 unspecified atom stereocenters. The first kappa shape index (κ1) is 17.7. The SMILES string of the molecule is CCN(CC)CCN(CCOC)C(=O)c1coc(CN)c1. The number of furan rings is 1. The number of amides is 1. The number of ether oxygens (including phenoxy) is 1. The van der Waals surface area contributed by atoms with Gasteiger partial charge in [0.05, 0.1) is 18.7 Å². The van der Waals surface area contributed by atoms with Crippen molar-refractivity contribution in [2.45, 2.75) is 20.4 Å². The summed E-state index contributed by atoms with van der Waals surface area (Å²) in [5.74, 6) is 0.580. The molecule has 0 fully saturated rings. The zero-order valence-electron chi connectivity index (χ0n) is 13.3. The van der Waals surface area contributed by atoms with Crippen molar-refractivity contribution < 1.29 is 13.9 Å². The lowest BCUT2D eigenvalue weighted by Gasteiger charge is -2.26. The molecule has 0 aliphatic heterocycles. The predicted octanol–water partition coefficient (Wildman–Crippen LogP) is 1.17. The second-order valence-electron chi connectivity index (χ2n) is 4.82. The third kappa shape index (κ3) is 5.49. The maximum Gasteiger partial charge on any atom is 0.257 e. The van der Waals surface area contributed by atoms with Crippen LogP contribution < -0.4 is 5.73 Å². The lowest BCUT2D eigenvalue weighted by atomic mass is 10.2. The van der Waals surface area contributed by atoms with E-state index >= 15 is 0 Å². The fourth-order valence-corrected chi connectivity index (χ4v) is 2.10. The van der Waals surface area contributed by atoms with Crippen molar-refractivity contribution in [1.29, 1.82) is 0 Å². The van der Waals surface area contributed by atoms with Gasteiger partial charge in [0, 0.05) is 26.7 Å². The van der Waals surface area contributed by atoms with Crippen molar-refractivity contribution in [3.8, 4) is 0 Å². The minimum atomic E-state index is -0.0392. The highest BCUT2D eigenvalue weighted by atomic mass is 16.5. The number of nitrogens with two attached hydrogens (primary N) is 1. The Hall–Kier alpha value is -1.37. The molecular formula is C15H27N3O3. The molecule has 1 aromatic heterocycles. The normalized spacial score (nSPS) is 11.1. The summed E-state index contributed by atoms with van der Waals surface area (Å²) in [4.78, 5) is 16.6. The summed E-state index contributed by atoms with van der Waals surface area (Å²) in [5, 5.41) is 0. The van der Waals surface area contributed by atoms with Crippen LogP contribution in [-0.4, -0.2) is 62.1 Å². The Balaban J connectivity index is 2.68. The molecule has 1 aromatic rings. The first-order valence-corrected chi connectivity index (χ1v) is 7.44. The van der Waals surface area contributed by atoms with Gasteiger partial charge in [0.15, 0.2) is 0 Å². The molecule has 0 saturated heterocycles. The van der Waals surface area contributed by atoms with Crippen molar-refractivity contribution in [1.82, 2.24) is 9.80 Å². The fourth-order valence-electron chi connectivity index (χ4n) is 2.10. The smallest absolute Gasteiger partial charge is 0.257 e. The molecule has 0 aliphatic rings. The van der Waals surface area contributed by atoms with Gasteiger partial charge in [-0.25, -0.2) is 0 Å². The fraction of sp³-hybridized carbons (Fsp3) is 0.667. The summed E-state index contributed by atoms with van der Waals surface area (Å²) in [6.45, 7) is 9.10. The van der Waals surface area contributed by atoms with Gasteiger partial charge >= 0.3 is 0 Å². The number of rotatable bonds is 10. The molecule has 0 saturated carbocycles. The predicted molar refractivity (Wildman–Crippen MR) is 82.2 cm³/mol. The van der Waals surface area contributed by atoms with Gasteiger partial charge in [-0.15, -0.1) is 0 Å². The van der Waals surface area contributed by atoms with E-state index in [2.05, 4.69) is 18.7 Å². The van der Waals surface area contributed by atoms with Crippen LogP contribution in [0.4, 0.5) is 0 Å². The van der Waals surface area contributed by atoms with Crippen LogP contribution in [0.5, 0.6) is 0 Å². The third-order valence-electron chi connectivity index (χ3n) is 3.54. The summed E-state index contributed by atoms with van der Waals surface area (Å²) in [6, 6.07) is 1.71. The standard InChI is InChI=1S/C15H27N3O3/c1-4-17(5-2)6-7-18(8-9-20-3)15(19)13-10-14(11-16)21-12-13/h10,12H,4-9,11,16H2,1-3H3. The first-order valence-electron chi connectivity index (χ1n) is 7.44. The quantitative estimate of drug-likeness (QED) is 0.702. The van der Waals surface area contributed by atoms with Crippen LogP contribution >= 0.6 is 0 Å². The molecule has 0 aliphatic carbocycles. The minimum Gasteiger partial charge on any atom is -0.467 e. The molecular weight excluding hydrogens is 270 g/mol. The average molecular weight is 297 g/mol. The van der Waals surface area contributed by atoms with Crippen LogP contribution in [-0.2, 0) is 11.3 Å². The summed E-state index contributed by atoms with van der Waals surface area (Å²) in [7, 11) is 1.64. The Kier molecular flexibility index (Phi) is 8.04. The number of hydrogen-bond acceptors (Lipinski definition) is 5. The van der Waals surface area contributed by atoms with E-state index in [-0.39, 0.29) is 5.91 Å². The Bertz CT molecular complexity index is 416. The van der Waals surface area contributed by atoms with Gasteiger partial charge in [-0.2, -0.15) is 0 Å². The van der Waals surface area contributed by atoms with E-state index in [1.54, 1.807) is 18.1 Å². The highest BCUT2D eigenvalue weighted by Crippen LogP contribution is 2.10. The lowest BCUT2D eigenvalue weighted by Crippen LogP contribution is -2.40. The molecule has 6 nitrogen and oxygen atoms in total. The van der Waals surface area contributed by atoms with Crippen LogP contribution in [0, 0.1) is 0 Å². The van der Waals surface area contributed by atoms with E-state index in [0.29, 0.717) is 37.6 Å². The van der Waals surface area contributed by atoms with Gasteiger partial charge in [-0.1, -0.05) is 13.8 Å². The maximum atomic E-state index is 12.5. The number of carbonyl (C=O) groups excluding carboxylic acids is 1. The Labute approximate surface area is 126 Å². The molecule has 21 heavy (non-hydrogen) atoms. The molecule has 1 amide bonds. The van der Waals surface area contributed by atoms with Gasteiger partial charge in [0.1, 0.15) is 12.0 Å². The zero-order valence-corrected chi connectivity index (χ0v) is 13.3. The molecule has 120 valence electrons. The number of hydrogen-bond donors (Lipinski definition) is 1. The molecule has 0 aromatic carbocycles.